The van der Waals surface area contributed by atoms with Gasteiger partial charge in [-0.2, -0.15) is 15.1 Å². The summed E-state index contributed by atoms with van der Waals surface area (Å²) < 4.78 is 1.65. The maximum Gasteiger partial charge on any atom is 0.224 e. The summed E-state index contributed by atoms with van der Waals surface area (Å²) in [5.74, 6) is 1.42. The number of anilines is 2. The lowest BCUT2D eigenvalue weighted by atomic mass is 10.4. The average Bonchev–Trinajstić information content (AvgIpc) is 2.56. The minimum absolute atomic E-state index is 0.190. The second-order valence-corrected chi connectivity index (χ2v) is 3.99. The molecule has 0 spiro atoms. The smallest absolute Gasteiger partial charge is 0.224 e. The van der Waals surface area contributed by atoms with Crippen LogP contribution in [0.1, 0.15) is 11.4 Å². The first-order valence-electron chi connectivity index (χ1n) is 5.07. The van der Waals surface area contributed by atoms with Crippen LogP contribution < -0.4 is 11.1 Å². The van der Waals surface area contributed by atoms with E-state index in [1.54, 1.807) is 17.8 Å². The van der Waals surface area contributed by atoms with Crippen LogP contribution in [-0.4, -0.2) is 26.8 Å². The fourth-order valence-corrected chi connectivity index (χ4v) is 1.65. The third-order valence-electron chi connectivity index (χ3n) is 2.41. The van der Waals surface area contributed by atoms with Gasteiger partial charge in [-0.25, -0.2) is 4.68 Å². The van der Waals surface area contributed by atoms with E-state index in [1.807, 2.05) is 13.8 Å². The van der Waals surface area contributed by atoms with Gasteiger partial charge in [0, 0.05) is 13.1 Å². The Labute approximate surface area is 104 Å². The number of halogens is 1. The Balaban J connectivity index is 2.59. The molecule has 0 aliphatic carbocycles. The van der Waals surface area contributed by atoms with Gasteiger partial charge in [-0.1, -0.05) is 11.6 Å². The quantitative estimate of drug-likeness (QED) is 0.848. The Hall–Kier alpha value is -1.82. The van der Waals surface area contributed by atoms with Gasteiger partial charge in [0.05, 0.1) is 16.4 Å². The van der Waals surface area contributed by atoms with Gasteiger partial charge >= 0.3 is 0 Å². The van der Waals surface area contributed by atoms with E-state index in [2.05, 4.69) is 20.4 Å². The van der Waals surface area contributed by atoms with Crippen molar-refractivity contribution in [2.45, 2.75) is 13.8 Å². The lowest BCUT2D eigenvalue weighted by molar-refractivity contribution is 0.804. The highest BCUT2D eigenvalue weighted by Gasteiger charge is 2.12. The van der Waals surface area contributed by atoms with E-state index in [9.17, 15) is 0 Å². The highest BCUT2D eigenvalue weighted by atomic mass is 35.5. The maximum absolute atomic E-state index is 6.09. The van der Waals surface area contributed by atoms with Crippen molar-refractivity contribution in [2.24, 2.45) is 0 Å². The molecule has 0 aliphatic rings. The Morgan fingerprint density at radius 3 is 2.59 bits per heavy atom. The number of aryl methyl sites for hydroxylation is 1. The molecule has 0 atom stereocenters. The standard InChI is InChI=1S/C10H13ClN6/c1-5-9(11)6(2)17(16-5)8-4-7(13-3)14-10(12)15-8/h4H,1-3H3,(H3,12,13,14,15). The van der Waals surface area contributed by atoms with Crippen molar-refractivity contribution in [1.29, 1.82) is 0 Å². The van der Waals surface area contributed by atoms with E-state index in [-0.39, 0.29) is 5.95 Å². The highest BCUT2D eigenvalue weighted by molar-refractivity contribution is 6.31. The first kappa shape index (κ1) is 11.7. The van der Waals surface area contributed by atoms with Crippen LogP contribution in [0.5, 0.6) is 0 Å². The predicted molar refractivity (Wildman–Crippen MR) is 67.6 cm³/mol. The molecule has 17 heavy (non-hydrogen) atoms. The van der Waals surface area contributed by atoms with Gasteiger partial charge in [-0.05, 0) is 13.8 Å². The van der Waals surface area contributed by atoms with Gasteiger partial charge in [-0.3, -0.25) is 0 Å². The van der Waals surface area contributed by atoms with Crippen LogP contribution in [-0.2, 0) is 0 Å². The van der Waals surface area contributed by atoms with Gasteiger partial charge in [0.1, 0.15) is 5.82 Å². The Bertz CT molecular complexity index is 562. The fourth-order valence-electron chi connectivity index (χ4n) is 1.54. The van der Waals surface area contributed by atoms with Gasteiger partial charge in [0.15, 0.2) is 5.82 Å². The van der Waals surface area contributed by atoms with Crippen molar-refractivity contribution < 1.29 is 0 Å². The molecule has 2 aromatic heterocycles. The summed E-state index contributed by atoms with van der Waals surface area (Å²) >= 11 is 6.09. The molecule has 0 bridgehead atoms. The van der Waals surface area contributed by atoms with Crippen LogP contribution in [0.2, 0.25) is 5.02 Å². The third-order valence-corrected chi connectivity index (χ3v) is 2.95. The van der Waals surface area contributed by atoms with Crippen LogP contribution in [0.25, 0.3) is 5.82 Å². The molecule has 2 heterocycles. The summed E-state index contributed by atoms with van der Waals surface area (Å²) in [7, 11) is 1.76. The molecule has 0 aliphatic heterocycles. The predicted octanol–water partition coefficient (Wildman–Crippen LogP) is 1.56. The molecule has 3 N–H and O–H groups in total. The van der Waals surface area contributed by atoms with Gasteiger partial charge in [0.2, 0.25) is 5.95 Å². The van der Waals surface area contributed by atoms with Crippen molar-refractivity contribution >= 4 is 23.4 Å². The van der Waals surface area contributed by atoms with Crippen molar-refractivity contribution in [1.82, 2.24) is 19.7 Å². The Morgan fingerprint density at radius 2 is 2.06 bits per heavy atom. The van der Waals surface area contributed by atoms with Crippen LogP contribution in [0.15, 0.2) is 6.07 Å². The lowest BCUT2D eigenvalue weighted by Gasteiger charge is -2.06. The van der Waals surface area contributed by atoms with Crippen LogP contribution in [0, 0.1) is 13.8 Å². The van der Waals surface area contributed by atoms with Crippen molar-refractivity contribution in [3.05, 3.63) is 22.5 Å². The van der Waals surface area contributed by atoms with Gasteiger partial charge in [0.25, 0.3) is 0 Å². The zero-order chi connectivity index (χ0) is 12.6. The summed E-state index contributed by atoms with van der Waals surface area (Å²) in [6.07, 6.45) is 0. The van der Waals surface area contributed by atoms with Crippen molar-refractivity contribution in [3.63, 3.8) is 0 Å². The number of aromatic nitrogens is 4. The van der Waals surface area contributed by atoms with E-state index < -0.39 is 0 Å². The minimum Gasteiger partial charge on any atom is -0.373 e. The summed E-state index contributed by atoms with van der Waals surface area (Å²) in [6, 6.07) is 1.76. The summed E-state index contributed by atoms with van der Waals surface area (Å²) in [6.45, 7) is 3.72. The number of nitrogens with two attached hydrogens (primary N) is 1. The average molecular weight is 253 g/mol. The largest absolute Gasteiger partial charge is 0.373 e. The fraction of sp³-hybridized carbons (Fsp3) is 0.300. The van der Waals surface area contributed by atoms with E-state index in [0.717, 1.165) is 11.4 Å². The molecule has 0 fully saturated rings. The molecule has 0 saturated heterocycles. The molecule has 0 amide bonds. The zero-order valence-electron chi connectivity index (χ0n) is 9.82. The summed E-state index contributed by atoms with van der Waals surface area (Å²) in [5, 5.41) is 7.85. The van der Waals surface area contributed by atoms with E-state index >= 15 is 0 Å². The molecule has 0 radical (unpaired) electrons. The second kappa shape index (κ2) is 4.21. The summed E-state index contributed by atoms with van der Waals surface area (Å²) in [4.78, 5) is 8.15. The summed E-state index contributed by atoms with van der Waals surface area (Å²) in [5.41, 5.74) is 7.21. The second-order valence-electron chi connectivity index (χ2n) is 3.62. The van der Waals surface area contributed by atoms with E-state index in [4.69, 9.17) is 17.3 Å². The number of hydrogen-bond donors (Lipinski definition) is 2. The first-order chi connectivity index (χ1) is 8.02. The zero-order valence-corrected chi connectivity index (χ0v) is 10.6. The molecule has 0 saturated carbocycles. The first-order valence-corrected chi connectivity index (χ1v) is 5.45. The maximum atomic E-state index is 6.09. The Kier molecular flexibility index (Phi) is 2.89. The highest BCUT2D eigenvalue weighted by Crippen LogP contribution is 2.22. The molecular formula is C10H13ClN6. The van der Waals surface area contributed by atoms with Crippen molar-refractivity contribution in [3.8, 4) is 5.82 Å². The van der Waals surface area contributed by atoms with Crippen LogP contribution in [0.4, 0.5) is 11.8 Å². The molecule has 90 valence electrons. The minimum atomic E-state index is 0.190. The SMILES string of the molecule is CNc1cc(-n2nc(C)c(Cl)c2C)nc(N)n1. The molecule has 0 unspecified atom stereocenters. The van der Waals surface area contributed by atoms with Gasteiger partial charge < -0.3 is 11.1 Å². The van der Waals surface area contributed by atoms with Crippen LogP contribution >= 0.6 is 11.6 Å². The monoisotopic (exact) mass is 252 g/mol. The molecule has 2 rings (SSSR count). The number of nitrogen functional groups attached to an aromatic ring is 1. The van der Waals surface area contributed by atoms with E-state index in [0.29, 0.717) is 16.7 Å². The molecule has 6 nitrogen and oxygen atoms in total. The lowest BCUT2D eigenvalue weighted by Crippen LogP contribution is -2.07. The van der Waals surface area contributed by atoms with Crippen LogP contribution in [0.3, 0.4) is 0 Å². The van der Waals surface area contributed by atoms with Crippen molar-refractivity contribution in [2.75, 3.05) is 18.1 Å². The molecule has 7 heteroatoms. The normalized spacial score (nSPS) is 10.6. The number of nitrogens with zero attached hydrogens (tertiary/aromatic N) is 4. The Morgan fingerprint density at radius 1 is 1.35 bits per heavy atom. The topological polar surface area (TPSA) is 81.7 Å². The number of nitrogens with one attached hydrogen (secondary N) is 1. The molecular weight excluding hydrogens is 240 g/mol. The van der Waals surface area contributed by atoms with E-state index in [1.165, 1.54) is 0 Å². The third kappa shape index (κ3) is 2.03. The molecule has 0 aromatic carbocycles. The number of rotatable bonds is 2. The van der Waals surface area contributed by atoms with Gasteiger partial charge in [-0.15, -0.1) is 0 Å². The molecule has 2 aromatic rings. The number of hydrogen-bond acceptors (Lipinski definition) is 5.